The van der Waals surface area contributed by atoms with Gasteiger partial charge >= 0.3 is 12.1 Å². The summed E-state index contributed by atoms with van der Waals surface area (Å²) in [7, 11) is 1.27. The molecule has 2 rings (SSSR count). The first-order valence-electron chi connectivity index (χ1n) is 6.23. The Morgan fingerprint density at radius 1 is 1.38 bits per heavy atom. The summed E-state index contributed by atoms with van der Waals surface area (Å²) in [5, 5.41) is 0. The van der Waals surface area contributed by atoms with Crippen molar-refractivity contribution in [3.8, 4) is 0 Å². The molecule has 0 radical (unpaired) electrons. The Hall–Kier alpha value is -2.12. The fraction of sp³-hybridized carbons (Fsp3) is 0.462. The number of methoxy groups -OCH3 is 1. The monoisotopic (exact) mass is 302 g/mol. The number of carbonyl (C=O) groups is 2. The number of aromatic nitrogens is 1. The van der Waals surface area contributed by atoms with Gasteiger partial charge in [0.25, 0.3) is 5.91 Å². The van der Waals surface area contributed by atoms with Crippen LogP contribution in [0.3, 0.4) is 0 Å². The fourth-order valence-corrected chi connectivity index (χ4v) is 2.15. The predicted molar refractivity (Wildman–Crippen MR) is 65.3 cm³/mol. The van der Waals surface area contributed by atoms with Crippen LogP contribution < -0.4 is 0 Å². The highest BCUT2D eigenvalue weighted by Gasteiger charge is 2.34. The highest BCUT2D eigenvalue weighted by molar-refractivity contribution is 5.93. The van der Waals surface area contributed by atoms with Crippen molar-refractivity contribution < 1.29 is 27.5 Å². The molecule has 0 aliphatic carbocycles. The molecule has 0 saturated carbocycles. The lowest BCUT2D eigenvalue weighted by molar-refractivity contribution is -0.144. The minimum Gasteiger partial charge on any atom is -0.469 e. The Kier molecular flexibility index (Phi) is 4.15. The zero-order chi connectivity index (χ0) is 15.6. The Labute approximate surface area is 118 Å². The molecule has 8 heteroatoms. The molecular formula is C13H13F3N2O3. The molecule has 5 nitrogen and oxygen atoms in total. The quantitative estimate of drug-likeness (QED) is 0.781. The second-order valence-corrected chi connectivity index (χ2v) is 4.69. The molecule has 21 heavy (non-hydrogen) atoms. The molecule has 0 spiro atoms. The van der Waals surface area contributed by atoms with Gasteiger partial charge in [-0.1, -0.05) is 0 Å². The van der Waals surface area contributed by atoms with Gasteiger partial charge in [0, 0.05) is 19.3 Å². The number of likely N-dealkylation sites (tertiary alicyclic amines) is 1. The average Bonchev–Trinajstić information content (AvgIpc) is 2.94. The van der Waals surface area contributed by atoms with Crippen LogP contribution in [0.5, 0.6) is 0 Å². The first-order valence-corrected chi connectivity index (χ1v) is 6.23. The number of ether oxygens (including phenoxy) is 1. The summed E-state index contributed by atoms with van der Waals surface area (Å²) in [6, 6.07) is 1.85. The summed E-state index contributed by atoms with van der Waals surface area (Å²) in [6.07, 6.45) is -3.39. The second-order valence-electron chi connectivity index (χ2n) is 4.69. The molecular weight excluding hydrogens is 289 g/mol. The fourth-order valence-electron chi connectivity index (χ4n) is 2.15. The molecule has 1 amide bonds. The van der Waals surface area contributed by atoms with Crippen LogP contribution >= 0.6 is 0 Å². The molecule has 1 aliphatic heterocycles. The van der Waals surface area contributed by atoms with Gasteiger partial charge in [-0.05, 0) is 18.6 Å². The number of hydrogen-bond acceptors (Lipinski definition) is 4. The van der Waals surface area contributed by atoms with Crippen LogP contribution in [0.4, 0.5) is 13.2 Å². The van der Waals surface area contributed by atoms with Crippen molar-refractivity contribution in [2.75, 3.05) is 20.2 Å². The molecule has 0 N–H and O–H groups in total. The first-order chi connectivity index (χ1) is 9.82. The van der Waals surface area contributed by atoms with Crippen LogP contribution in [0.25, 0.3) is 0 Å². The van der Waals surface area contributed by atoms with E-state index in [1.807, 2.05) is 0 Å². The van der Waals surface area contributed by atoms with Gasteiger partial charge in [-0.25, -0.2) is 0 Å². The van der Waals surface area contributed by atoms with E-state index in [9.17, 15) is 22.8 Å². The van der Waals surface area contributed by atoms with Crippen molar-refractivity contribution >= 4 is 11.9 Å². The van der Waals surface area contributed by atoms with Gasteiger partial charge < -0.3 is 9.64 Å². The lowest BCUT2D eigenvalue weighted by Gasteiger charge is -2.15. The number of carbonyl (C=O) groups excluding carboxylic acids is 2. The Balaban J connectivity index is 2.06. The lowest BCUT2D eigenvalue weighted by atomic mass is 10.1. The summed E-state index contributed by atoms with van der Waals surface area (Å²) < 4.78 is 41.8. The van der Waals surface area contributed by atoms with Crippen LogP contribution in [-0.4, -0.2) is 42.0 Å². The van der Waals surface area contributed by atoms with Crippen molar-refractivity contribution in [1.82, 2.24) is 9.88 Å². The highest BCUT2D eigenvalue weighted by atomic mass is 19.4. The molecule has 1 fully saturated rings. The summed E-state index contributed by atoms with van der Waals surface area (Å²) in [4.78, 5) is 28.4. The van der Waals surface area contributed by atoms with E-state index >= 15 is 0 Å². The minimum absolute atomic E-state index is 0.0754. The number of hydrogen-bond donors (Lipinski definition) is 0. The van der Waals surface area contributed by atoms with Crippen LogP contribution in [0.2, 0.25) is 0 Å². The topological polar surface area (TPSA) is 59.5 Å². The van der Waals surface area contributed by atoms with Gasteiger partial charge in [-0.2, -0.15) is 13.2 Å². The summed E-state index contributed by atoms with van der Waals surface area (Å²) in [5.74, 6) is -1.28. The predicted octanol–water partition coefficient (Wildman–Crippen LogP) is 1.74. The van der Waals surface area contributed by atoms with E-state index < -0.39 is 29.5 Å². The van der Waals surface area contributed by atoms with Crippen molar-refractivity contribution in [3.05, 3.63) is 29.6 Å². The smallest absolute Gasteiger partial charge is 0.417 e. The number of rotatable bonds is 2. The minimum atomic E-state index is -4.49. The van der Waals surface area contributed by atoms with E-state index in [0.29, 0.717) is 19.2 Å². The maximum Gasteiger partial charge on any atom is 0.417 e. The van der Waals surface area contributed by atoms with Crippen molar-refractivity contribution in [2.45, 2.75) is 12.6 Å². The standard InChI is InChI=1S/C13H13F3N2O3/c1-21-12(20)8-4-5-18(7-8)11(19)10-3-2-9(6-17-10)13(14,15)16/h2-3,6,8H,4-5,7H2,1H3. The normalized spacial score (nSPS) is 18.7. The molecule has 2 heterocycles. The van der Waals surface area contributed by atoms with E-state index in [0.717, 1.165) is 12.1 Å². The third-order valence-electron chi connectivity index (χ3n) is 3.32. The molecule has 1 saturated heterocycles. The molecule has 0 aromatic carbocycles. The third kappa shape index (κ3) is 3.32. The molecule has 1 unspecified atom stereocenters. The van der Waals surface area contributed by atoms with Crippen LogP contribution in [0, 0.1) is 5.92 Å². The van der Waals surface area contributed by atoms with E-state index in [2.05, 4.69) is 9.72 Å². The van der Waals surface area contributed by atoms with Crippen molar-refractivity contribution in [3.63, 3.8) is 0 Å². The van der Waals surface area contributed by atoms with Crippen molar-refractivity contribution in [1.29, 1.82) is 0 Å². The molecule has 1 aliphatic rings. The summed E-state index contributed by atoms with van der Waals surface area (Å²) in [6.45, 7) is 0.537. The summed E-state index contributed by atoms with van der Waals surface area (Å²) in [5.41, 5.74) is -0.985. The Morgan fingerprint density at radius 3 is 2.62 bits per heavy atom. The van der Waals surface area contributed by atoms with E-state index in [-0.39, 0.29) is 12.2 Å². The zero-order valence-corrected chi connectivity index (χ0v) is 11.2. The lowest BCUT2D eigenvalue weighted by Crippen LogP contribution is -2.30. The van der Waals surface area contributed by atoms with Gasteiger partial charge in [0.05, 0.1) is 18.6 Å². The van der Waals surface area contributed by atoms with Gasteiger partial charge in [0.2, 0.25) is 0 Å². The number of nitrogens with zero attached hydrogens (tertiary/aromatic N) is 2. The Morgan fingerprint density at radius 2 is 2.10 bits per heavy atom. The first kappa shape index (κ1) is 15.3. The molecule has 1 atom stereocenters. The number of amides is 1. The molecule has 1 aromatic rings. The van der Waals surface area contributed by atoms with Gasteiger partial charge in [-0.3, -0.25) is 14.6 Å². The van der Waals surface area contributed by atoms with Gasteiger partial charge in [0.1, 0.15) is 5.69 Å². The van der Waals surface area contributed by atoms with Crippen LogP contribution in [0.1, 0.15) is 22.5 Å². The average molecular weight is 302 g/mol. The largest absolute Gasteiger partial charge is 0.469 e. The van der Waals surface area contributed by atoms with E-state index in [4.69, 9.17) is 0 Å². The Bertz CT molecular complexity index is 543. The summed E-state index contributed by atoms with van der Waals surface area (Å²) >= 11 is 0. The number of alkyl halides is 3. The van der Waals surface area contributed by atoms with E-state index in [1.165, 1.54) is 12.0 Å². The second kappa shape index (κ2) is 5.71. The zero-order valence-electron chi connectivity index (χ0n) is 11.2. The highest BCUT2D eigenvalue weighted by Crippen LogP contribution is 2.28. The third-order valence-corrected chi connectivity index (χ3v) is 3.32. The maximum atomic E-state index is 12.4. The molecule has 0 bridgehead atoms. The number of pyridine rings is 1. The molecule has 114 valence electrons. The van der Waals surface area contributed by atoms with Crippen LogP contribution in [-0.2, 0) is 15.7 Å². The number of halogens is 3. The van der Waals surface area contributed by atoms with Gasteiger partial charge in [0.15, 0.2) is 0 Å². The van der Waals surface area contributed by atoms with E-state index in [1.54, 1.807) is 0 Å². The SMILES string of the molecule is COC(=O)C1CCN(C(=O)c2ccc(C(F)(F)F)cn2)C1. The maximum absolute atomic E-state index is 12.4. The van der Waals surface area contributed by atoms with Crippen LogP contribution in [0.15, 0.2) is 18.3 Å². The van der Waals surface area contributed by atoms with Crippen molar-refractivity contribution in [2.24, 2.45) is 5.92 Å². The van der Waals surface area contributed by atoms with Gasteiger partial charge in [-0.15, -0.1) is 0 Å². The molecule has 1 aromatic heterocycles. The number of esters is 1.